The zero-order chi connectivity index (χ0) is 12.9. The van der Waals surface area contributed by atoms with Gasteiger partial charge in [-0.05, 0) is 18.7 Å². The van der Waals surface area contributed by atoms with Gasteiger partial charge >= 0.3 is 6.18 Å². The van der Waals surface area contributed by atoms with Gasteiger partial charge in [-0.15, -0.1) is 0 Å². The molecule has 0 radical (unpaired) electrons. The van der Waals surface area contributed by atoms with E-state index in [4.69, 9.17) is 0 Å². The van der Waals surface area contributed by atoms with Crippen molar-refractivity contribution in [3.8, 4) is 0 Å². The zero-order valence-corrected chi connectivity index (χ0v) is 11.0. The molecule has 0 saturated heterocycles. The first-order chi connectivity index (χ1) is 7.93. The predicted octanol–water partition coefficient (Wildman–Crippen LogP) is 3.23. The van der Waals surface area contributed by atoms with E-state index in [0.717, 1.165) is 5.69 Å². The van der Waals surface area contributed by atoms with Crippen LogP contribution in [-0.4, -0.2) is 34.0 Å². The van der Waals surface area contributed by atoms with Crippen LogP contribution in [0.3, 0.4) is 0 Å². The Bertz CT molecular complexity index is 329. The maximum atomic E-state index is 12.4. The quantitative estimate of drug-likeness (QED) is 0.776. The average Bonchev–Trinajstić information content (AvgIpc) is 2.28. The molecule has 0 spiro atoms. The van der Waals surface area contributed by atoms with E-state index in [0.29, 0.717) is 13.1 Å². The van der Waals surface area contributed by atoms with Gasteiger partial charge in [-0.25, -0.2) is 0 Å². The van der Waals surface area contributed by atoms with E-state index >= 15 is 0 Å². The minimum atomic E-state index is -4.21. The van der Waals surface area contributed by atoms with Crippen molar-refractivity contribution in [1.29, 1.82) is 0 Å². The summed E-state index contributed by atoms with van der Waals surface area (Å²) in [5, 5.41) is 0. The highest BCUT2D eigenvalue weighted by atomic mass is 79.9. The van der Waals surface area contributed by atoms with Crippen LogP contribution in [0.15, 0.2) is 24.4 Å². The minimum absolute atomic E-state index is 0.0728. The monoisotopic (exact) mass is 310 g/mol. The fraction of sp³-hybridized carbons (Fsp3) is 0.545. The molecule has 0 aliphatic carbocycles. The Hall–Kier alpha value is -0.620. The highest BCUT2D eigenvalue weighted by molar-refractivity contribution is 9.09. The average molecular weight is 311 g/mol. The van der Waals surface area contributed by atoms with E-state index in [-0.39, 0.29) is 6.54 Å². The van der Waals surface area contributed by atoms with Crippen molar-refractivity contribution in [3.63, 3.8) is 0 Å². The van der Waals surface area contributed by atoms with Crippen molar-refractivity contribution < 1.29 is 13.2 Å². The lowest BCUT2D eigenvalue weighted by atomic mass is 10.3. The Labute approximate surface area is 107 Å². The van der Waals surface area contributed by atoms with Crippen LogP contribution in [-0.2, 0) is 6.54 Å². The second-order valence-corrected chi connectivity index (χ2v) is 4.76. The predicted molar refractivity (Wildman–Crippen MR) is 64.0 cm³/mol. The first-order valence-corrected chi connectivity index (χ1v) is 6.18. The molecule has 1 aromatic rings. The minimum Gasteiger partial charge on any atom is -0.296 e. The second kappa shape index (κ2) is 6.35. The standard InChI is InChI=1S/C11H14BrF3N2/c1-2-17(8-10(12)11(13,14)15)7-9-5-3-4-6-16-9/h3-6,10H,2,7-8H2,1H3. The molecule has 1 rings (SSSR count). The summed E-state index contributed by atoms with van der Waals surface area (Å²) in [5.41, 5.74) is 0.774. The van der Waals surface area contributed by atoms with Gasteiger partial charge in [-0.1, -0.05) is 28.9 Å². The number of hydrogen-bond donors (Lipinski definition) is 0. The molecule has 1 heterocycles. The summed E-state index contributed by atoms with van der Waals surface area (Å²) in [6.07, 6.45) is -2.57. The van der Waals surface area contributed by atoms with Gasteiger partial charge in [0.15, 0.2) is 0 Å². The molecule has 0 aliphatic rings. The van der Waals surface area contributed by atoms with Crippen LogP contribution in [0, 0.1) is 0 Å². The summed E-state index contributed by atoms with van der Waals surface area (Å²) in [4.78, 5) is 4.30. The van der Waals surface area contributed by atoms with Gasteiger partial charge in [0.1, 0.15) is 4.83 Å². The van der Waals surface area contributed by atoms with Crippen molar-refractivity contribution >= 4 is 15.9 Å². The Balaban J connectivity index is 2.55. The number of aromatic nitrogens is 1. The highest BCUT2D eigenvalue weighted by Gasteiger charge is 2.38. The largest absolute Gasteiger partial charge is 0.402 e. The van der Waals surface area contributed by atoms with Crippen molar-refractivity contribution in [2.45, 2.75) is 24.5 Å². The maximum absolute atomic E-state index is 12.4. The number of pyridine rings is 1. The van der Waals surface area contributed by atoms with Crippen LogP contribution in [0.1, 0.15) is 12.6 Å². The van der Waals surface area contributed by atoms with Gasteiger partial charge in [-0.3, -0.25) is 9.88 Å². The van der Waals surface area contributed by atoms with E-state index in [1.807, 2.05) is 13.0 Å². The van der Waals surface area contributed by atoms with Crippen molar-refractivity contribution in [1.82, 2.24) is 9.88 Å². The van der Waals surface area contributed by atoms with Crippen LogP contribution >= 0.6 is 15.9 Å². The molecule has 0 amide bonds. The highest BCUT2D eigenvalue weighted by Crippen LogP contribution is 2.27. The SMILES string of the molecule is CCN(Cc1ccccn1)CC(Br)C(F)(F)F. The maximum Gasteiger partial charge on any atom is 0.402 e. The van der Waals surface area contributed by atoms with Crippen LogP contribution in [0.25, 0.3) is 0 Å². The Morgan fingerprint density at radius 1 is 1.41 bits per heavy atom. The van der Waals surface area contributed by atoms with E-state index in [1.54, 1.807) is 23.2 Å². The molecule has 6 heteroatoms. The molecule has 0 fully saturated rings. The van der Waals surface area contributed by atoms with Gasteiger partial charge in [0.05, 0.1) is 5.69 Å². The third-order valence-corrected chi connectivity index (χ3v) is 3.14. The summed E-state index contributed by atoms with van der Waals surface area (Å²) < 4.78 is 37.2. The van der Waals surface area contributed by atoms with E-state index in [9.17, 15) is 13.2 Å². The molecular weight excluding hydrogens is 297 g/mol. The van der Waals surface area contributed by atoms with Crippen LogP contribution in [0.4, 0.5) is 13.2 Å². The zero-order valence-electron chi connectivity index (χ0n) is 9.41. The van der Waals surface area contributed by atoms with E-state index in [2.05, 4.69) is 20.9 Å². The third kappa shape index (κ3) is 5.04. The summed E-state index contributed by atoms with van der Waals surface area (Å²) in [5.74, 6) is 0. The lowest BCUT2D eigenvalue weighted by Crippen LogP contribution is -2.37. The first-order valence-electron chi connectivity index (χ1n) is 5.26. The molecule has 0 saturated carbocycles. The number of nitrogens with zero attached hydrogens (tertiary/aromatic N) is 2. The topological polar surface area (TPSA) is 16.1 Å². The van der Waals surface area contributed by atoms with E-state index in [1.165, 1.54) is 0 Å². The molecule has 1 aromatic heterocycles. The summed E-state index contributed by atoms with van der Waals surface area (Å²) in [6, 6.07) is 5.41. The molecule has 17 heavy (non-hydrogen) atoms. The lowest BCUT2D eigenvalue weighted by Gasteiger charge is -2.24. The summed E-state index contributed by atoms with van der Waals surface area (Å²) in [6.45, 7) is 2.74. The molecule has 0 N–H and O–H groups in total. The van der Waals surface area contributed by atoms with E-state index < -0.39 is 11.0 Å². The van der Waals surface area contributed by atoms with Gasteiger partial charge < -0.3 is 0 Å². The molecule has 1 unspecified atom stereocenters. The molecular formula is C11H14BrF3N2. The fourth-order valence-electron chi connectivity index (χ4n) is 1.36. The lowest BCUT2D eigenvalue weighted by molar-refractivity contribution is -0.130. The number of halogens is 4. The molecule has 2 nitrogen and oxygen atoms in total. The van der Waals surface area contributed by atoms with Crippen molar-refractivity contribution in [3.05, 3.63) is 30.1 Å². The van der Waals surface area contributed by atoms with Crippen LogP contribution in [0.5, 0.6) is 0 Å². The first kappa shape index (κ1) is 14.4. The normalized spacial score (nSPS) is 14.0. The van der Waals surface area contributed by atoms with Gasteiger partial charge in [0, 0.05) is 19.3 Å². The number of hydrogen-bond acceptors (Lipinski definition) is 2. The van der Waals surface area contributed by atoms with Crippen molar-refractivity contribution in [2.24, 2.45) is 0 Å². The molecule has 0 bridgehead atoms. The Kier molecular flexibility index (Phi) is 5.39. The molecule has 0 aromatic carbocycles. The third-order valence-electron chi connectivity index (χ3n) is 2.33. The molecule has 1 atom stereocenters. The molecule has 0 aliphatic heterocycles. The Morgan fingerprint density at radius 3 is 2.59 bits per heavy atom. The smallest absolute Gasteiger partial charge is 0.296 e. The summed E-state index contributed by atoms with van der Waals surface area (Å²) >= 11 is 2.67. The summed E-state index contributed by atoms with van der Waals surface area (Å²) in [7, 11) is 0. The van der Waals surface area contributed by atoms with Gasteiger partial charge in [0.25, 0.3) is 0 Å². The number of rotatable bonds is 5. The van der Waals surface area contributed by atoms with Gasteiger partial charge in [0.2, 0.25) is 0 Å². The van der Waals surface area contributed by atoms with Crippen molar-refractivity contribution in [2.75, 3.05) is 13.1 Å². The van der Waals surface area contributed by atoms with Crippen LogP contribution in [0.2, 0.25) is 0 Å². The fourth-order valence-corrected chi connectivity index (χ4v) is 1.77. The Morgan fingerprint density at radius 2 is 2.12 bits per heavy atom. The second-order valence-electron chi connectivity index (χ2n) is 3.66. The molecule has 96 valence electrons. The van der Waals surface area contributed by atoms with Gasteiger partial charge in [-0.2, -0.15) is 13.2 Å². The number of alkyl halides is 4. The van der Waals surface area contributed by atoms with Crippen LogP contribution < -0.4 is 0 Å².